The molecule has 4 nitrogen and oxygen atoms in total. The van der Waals surface area contributed by atoms with E-state index >= 15 is 0 Å². The summed E-state index contributed by atoms with van der Waals surface area (Å²) in [7, 11) is 0. The monoisotopic (exact) mass is 413 g/mol. The lowest BCUT2D eigenvalue weighted by molar-refractivity contribution is 0.102. The molecule has 0 unspecified atom stereocenters. The lowest BCUT2D eigenvalue weighted by Crippen LogP contribution is -2.14. The molecule has 2 rings (SSSR count). The van der Waals surface area contributed by atoms with Crippen molar-refractivity contribution in [3.63, 3.8) is 0 Å². The molecular weight excluding hydrogens is 398 g/mol. The Hall–Kier alpha value is -1.14. The highest BCUT2D eigenvalue weighted by atomic mass is 79.9. The highest BCUT2D eigenvalue weighted by molar-refractivity contribution is 9.11. The molecule has 1 aromatic heterocycles. The third-order valence-corrected chi connectivity index (χ3v) is 4.38. The zero-order chi connectivity index (χ0) is 15.7. The molecule has 0 spiro atoms. The van der Waals surface area contributed by atoms with Crippen LogP contribution < -0.4 is 5.32 Å². The standard InChI is InChI=1S/C15H17Br2N3O/c1-8(2)20-10(4)14(9(3)19-20)18-15(21)12-6-5-11(16)7-13(12)17/h5-8H,1-4H3,(H,18,21). The number of nitrogens with one attached hydrogen (secondary N) is 1. The summed E-state index contributed by atoms with van der Waals surface area (Å²) in [5, 5.41) is 7.44. The molecule has 0 saturated heterocycles. The van der Waals surface area contributed by atoms with E-state index in [1.165, 1.54) is 0 Å². The van der Waals surface area contributed by atoms with E-state index in [1.54, 1.807) is 6.07 Å². The molecule has 1 amide bonds. The fourth-order valence-corrected chi connectivity index (χ4v) is 3.43. The molecular formula is C15H17Br2N3O. The minimum Gasteiger partial charge on any atom is -0.319 e. The van der Waals surface area contributed by atoms with Crippen molar-refractivity contribution in [2.24, 2.45) is 0 Å². The van der Waals surface area contributed by atoms with Crippen molar-refractivity contribution in [1.29, 1.82) is 0 Å². The van der Waals surface area contributed by atoms with Crippen molar-refractivity contribution in [1.82, 2.24) is 9.78 Å². The summed E-state index contributed by atoms with van der Waals surface area (Å²) < 4.78 is 3.59. The van der Waals surface area contributed by atoms with Crippen molar-refractivity contribution < 1.29 is 4.79 Å². The fourth-order valence-electron chi connectivity index (χ4n) is 2.20. The third-order valence-electron chi connectivity index (χ3n) is 3.23. The molecule has 0 aliphatic heterocycles. The maximum absolute atomic E-state index is 12.4. The highest BCUT2D eigenvalue weighted by Crippen LogP contribution is 2.26. The smallest absolute Gasteiger partial charge is 0.256 e. The van der Waals surface area contributed by atoms with Gasteiger partial charge in [0.05, 0.1) is 22.6 Å². The topological polar surface area (TPSA) is 46.9 Å². The number of rotatable bonds is 3. The number of carbonyl (C=O) groups is 1. The maximum Gasteiger partial charge on any atom is 0.256 e. The molecule has 112 valence electrons. The molecule has 1 heterocycles. The quantitative estimate of drug-likeness (QED) is 0.779. The lowest BCUT2D eigenvalue weighted by Gasteiger charge is -2.10. The summed E-state index contributed by atoms with van der Waals surface area (Å²) in [6.45, 7) is 8.00. The first-order valence-corrected chi connectivity index (χ1v) is 8.22. The first-order chi connectivity index (χ1) is 9.81. The Kier molecular flexibility index (Phi) is 4.88. The maximum atomic E-state index is 12.4. The summed E-state index contributed by atoms with van der Waals surface area (Å²) >= 11 is 6.79. The summed E-state index contributed by atoms with van der Waals surface area (Å²) in [5.41, 5.74) is 3.16. The van der Waals surface area contributed by atoms with Gasteiger partial charge in [-0.25, -0.2) is 0 Å². The van der Waals surface area contributed by atoms with Crippen molar-refractivity contribution in [2.45, 2.75) is 33.7 Å². The molecule has 2 aromatic rings. The molecule has 1 aromatic carbocycles. The van der Waals surface area contributed by atoms with Gasteiger partial charge in [0, 0.05) is 15.0 Å². The van der Waals surface area contributed by atoms with Gasteiger partial charge in [0.25, 0.3) is 5.91 Å². The second-order valence-electron chi connectivity index (χ2n) is 5.16. The number of nitrogens with zero attached hydrogens (tertiary/aromatic N) is 2. The van der Waals surface area contributed by atoms with Gasteiger partial charge in [0.1, 0.15) is 0 Å². The van der Waals surface area contributed by atoms with Crippen LogP contribution >= 0.6 is 31.9 Å². The number of anilines is 1. The number of hydrogen-bond acceptors (Lipinski definition) is 2. The Labute approximate surface area is 141 Å². The normalized spacial score (nSPS) is 11.0. The van der Waals surface area contributed by atoms with Crippen LogP contribution in [0, 0.1) is 13.8 Å². The Morgan fingerprint density at radius 2 is 1.95 bits per heavy atom. The number of aryl methyl sites for hydroxylation is 1. The number of amides is 1. The van der Waals surface area contributed by atoms with E-state index in [2.05, 4.69) is 56.1 Å². The van der Waals surface area contributed by atoms with Gasteiger partial charge < -0.3 is 5.32 Å². The molecule has 0 aliphatic rings. The molecule has 0 saturated carbocycles. The van der Waals surface area contributed by atoms with Gasteiger partial charge in [-0.3, -0.25) is 9.48 Å². The van der Waals surface area contributed by atoms with E-state index in [-0.39, 0.29) is 11.9 Å². The Balaban J connectivity index is 2.32. The second kappa shape index (κ2) is 6.32. The average Bonchev–Trinajstić information content (AvgIpc) is 2.66. The van der Waals surface area contributed by atoms with Crippen LogP contribution in [0.25, 0.3) is 0 Å². The van der Waals surface area contributed by atoms with Crippen molar-refractivity contribution in [3.8, 4) is 0 Å². The number of halogens is 2. The molecule has 21 heavy (non-hydrogen) atoms. The van der Waals surface area contributed by atoms with Crippen molar-refractivity contribution in [3.05, 3.63) is 44.1 Å². The van der Waals surface area contributed by atoms with E-state index in [0.29, 0.717) is 5.56 Å². The van der Waals surface area contributed by atoms with E-state index in [9.17, 15) is 4.79 Å². The Morgan fingerprint density at radius 1 is 1.29 bits per heavy atom. The molecule has 0 bridgehead atoms. The Morgan fingerprint density at radius 3 is 2.48 bits per heavy atom. The minimum atomic E-state index is -0.149. The summed E-state index contributed by atoms with van der Waals surface area (Å²) in [5.74, 6) is -0.149. The van der Waals surface area contributed by atoms with Crippen LogP contribution in [0.5, 0.6) is 0 Å². The first kappa shape index (κ1) is 16.2. The zero-order valence-electron chi connectivity index (χ0n) is 12.4. The van der Waals surface area contributed by atoms with Gasteiger partial charge in [-0.15, -0.1) is 0 Å². The van der Waals surface area contributed by atoms with E-state index in [1.807, 2.05) is 30.7 Å². The molecule has 1 N–H and O–H groups in total. The highest BCUT2D eigenvalue weighted by Gasteiger charge is 2.17. The largest absolute Gasteiger partial charge is 0.319 e. The van der Waals surface area contributed by atoms with Crippen LogP contribution in [-0.2, 0) is 0 Å². The van der Waals surface area contributed by atoms with Gasteiger partial charge in [-0.05, 0) is 61.8 Å². The SMILES string of the molecule is Cc1nn(C(C)C)c(C)c1NC(=O)c1ccc(Br)cc1Br. The first-order valence-electron chi connectivity index (χ1n) is 6.63. The fraction of sp³-hybridized carbons (Fsp3) is 0.333. The third kappa shape index (κ3) is 3.37. The van der Waals surface area contributed by atoms with E-state index in [0.717, 1.165) is 26.0 Å². The average molecular weight is 415 g/mol. The van der Waals surface area contributed by atoms with E-state index < -0.39 is 0 Å². The summed E-state index contributed by atoms with van der Waals surface area (Å²) in [6.07, 6.45) is 0. The van der Waals surface area contributed by atoms with Gasteiger partial charge in [-0.2, -0.15) is 5.10 Å². The van der Waals surface area contributed by atoms with E-state index in [4.69, 9.17) is 0 Å². The second-order valence-corrected chi connectivity index (χ2v) is 6.93. The number of hydrogen-bond donors (Lipinski definition) is 1. The van der Waals surface area contributed by atoms with Crippen molar-refractivity contribution >= 4 is 43.5 Å². The van der Waals surface area contributed by atoms with Gasteiger partial charge in [0.15, 0.2) is 0 Å². The van der Waals surface area contributed by atoms with Crippen LogP contribution in [0.1, 0.15) is 41.6 Å². The molecule has 0 atom stereocenters. The number of benzene rings is 1. The van der Waals surface area contributed by atoms with Crippen LogP contribution in [0.2, 0.25) is 0 Å². The lowest BCUT2D eigenvalue weighted by atomic mass is 10.2. The predicted octanol–water partition coefficient (Wildman–Crippen LogP) is 4.86. The summed E-state index contributed by atoms with van der Waals surface area (Å²) in [4.78, 5) is 12.4. The summed E-state index contributed by atoms with van der Waals surface area (Å²) in [6, 6.07) is 5.73. The van der Waals surface area contributed by atoms with Crippen LogP contribution in [0.3, 0.4) is 0 Å². The minimum absolute atomic E-state index is 0.149. The molecule has 0 aliphatic carbocycles. The molecule has 0 radical (unpaired) electrons. The van der Waals surface area contributed by atoms with Gasteiger partial charge in [-0.1, -0.05) is 15.9 Å². The number of aromatic nitrogens is 2. The molecule has 6 heteroatoms. The van der Waals surface area contributed by atoms with Crippen LogP contribution in [-0.4, -0.2) is 15.7 Å². The predicted molar refractivity (Wildman–Crippen MR) is 91.9 cm³/mol. The molecule has 0 fully saturated rings. The number of carbonyl (C=O) groups excluding carboxylic acids is 1. The van der Waals surface area contributed by atoms with Crippen LogP contribution in [0.4, 0.5) is 5.69 Å². The van der Waals surface area contributed by atoms with Gasteiger partial charge in [0.2, 0.25) is 0 Å². The van der Waals surface area contributed by atoms with Crippen LogP contribution in [0.15, 0.2) is 27.1 Å². The van der Waals surface area contributed by atoms with Gasteiger partial charge >= 0.3 is 0 Å². The Bertz CT molecular complexity index is 692. The van der Waals surface area contributed by atoms with Crippen molar-refractivity contribution in [2.75, 3.05) is 5.32 Å². The zero-order valence-corrected chi connectivity index (χ0v) is 15.5.